The fourth-order valence-electron chi connectivity index (χ4n) is 1.88. The van der Waals surface area contributed by atoms with E-state index in [0.29, 0.717) is 22.9 Å². The summed E-state index contributed by atoms with van der Waals surface area (Å²) in [7, 11) is 0. The van der Waals surface area contributed by atoms with E-state index in [1.54, 1.807) is 36.4 Å². The quantitative estimate of drug-likeness (QED) is 0.494. The molecule has 2 aromatic rings. The Morgan fingerprint density at radius 3 is 3.00 bits per heavy atom. The molecule has 0 saturated heterocycles. The number of hydrogen-bond donors (Lipinski definition) is 2. The average molecular weight is 287 g/mol. The minimum Gasteiger partial charge on any atom is -0.487 e. The van der Waals surface area contributed by atoms with Crippen molar-refractivity contribution in [3.63, 3.8) is 0 Å². The Kier molecular flexibility index (Phi) is 3.57. The van der Waals surface area contributed by atoms with E-state index in [1.165, 1.54) is 0 Å². The predicted octanol–water partition coefficient (Wildman–Crippen LogP) is 0.993. The van der Waals surface area contributed by atoms with Gasteiger partial charge in [0.15, 0.2) is 11.5 Å². The smallest absolute Gasteiger partial charge is 0.283 e. The lowest BCUT2D eigenvalue weighted by Gasteiger charge is -2.07. The van der Waals surface area contributed by atoms with Crippen molar-refractivity contribution in [2.24, 2.45) is 5.84 Å². The molecule has 108 valence electrons. The molecule has 1 aromatic heterocycles. The standard InChI is InChI=1S/C14H13N3O4/c15-17-14(18)11-3-1-2-9(16-11)7-19-10-4-5-12-13(6-10)21-8-20-12/h1-6H,7-8,15H2,(H,17,18). The number of amides is 1. The van der Waals surface area contributed by atoms with E-state index < -0.39 is 5.91 Å². The molecule has 0 radical (unpaired) electrons. The molecule has 1 aromatic carbocycles. The number of nitrogen functional groups attached to an aromatic ring is 1. The monoisotopic (exact) mass is 287 g/mol. The minimum absolute atomic E-state index is 0.219. The molecule has 7 nitrogen and oxygen atoms in total. The fourth-order valence-corrected chi connectivity index (χ4v) is 1.88. The first kappa shape index (κ1) is 13.2. The van der Waals surface area contributed by atoms with Crippen molar-refractivity contribution in [2.45, 2.75) is 6.61 Å². The van der Waals surface area contributed by atoms with Gasteiger partial charge in [-0.2, -0.15) is 0 Å². The highest BCUT2D eigenvalue weighted by molar-refractivity contribution is 5.91. The van der Waals surface area contributed by atoms with Gasteiger partial charge < -0.3 is 14.2 Å². The number of nitrogens with one attached hydrogen (secondary N) is 1. The van der Waals surface area contributed by atoms with E-state index in [4.69, 9.17) is 20.1 Å². The molecule has 0 bridgehead atoms. The van der Waals surface area contributed by atoms with Crippen molar-refractivity contribution in [3.8, 4) is 17.2 Å². The zero-order chi connectivity index (χ0) is 14.7. The number of nitrogens with two attached hydrogens (primary N) is 1. The van der Waals surface area contributed by atoms with E-state index in [-0.39, 0.29) is 19.1 Å². The van der Waals surface area contributed by atoms with E-state index in [1.807, 2.05) is 5.43 Å². The number of nitrogens with zero attached hydrogens (tertiary/aromatic N) is 1. The molecule has 1 aliphatic heterocycles. The van der Waals surface area contributed by atoms with Gasteiger partial charge in [0.1, 0.15) is 18.1 Å². The Labute approximate surface area is 120 Å². The molecule has 0 aliphatic carbocycles. The van der Waals surface area contributed by atoms with Gasteiger partial charge in [0.05, 0.1) is 5.69 Å². The van der Waals surface area contributed by atoms with Crippen LogP contribution in [0.4, 0.5) is 0 Å². The molecule has 7 heteroatoms. The highest BCUT2D eigenvalue weighted by Crippen LogP contribution is 2.35. The highest BCUT2D eigenvalue weighted by Gasteiger charge is 2.14. The SMILES string of the molecule is NNC(=O)c1cccc(COc2ccc3c(c2)OCO3)n1. The number of aromatic nitrogens is 1. The zero-order valence-corrected chi connectivity index (χ0v) is 11.0. The van der Waals surface area contributed by atoms with Crippen molar-refractivity contribution in [3.05, 3.63) is 47.8 Å². The Morgan fingerprint density at radius 1 is 1.29 bits per heavy atom. The number of hydrazine groups is 1. The van der Waals surface area contributed by atoms with Gasteiger partial charge in [-0.3, -0.25) is 10.2 Å². The summed E-state index contributed by atoms with van der Waals surface area (Å²) in [4.78, 5) is 15.6. The van der Waals surface area contributed by atoms with Gasteiger partial charge in [0, 0.05) is 6.07 Å². The number of benzene rings is 1. The third kappa shape index (κ3) is 2.87. The first-order valence-electron chi connectivity index (χ1n) is 6.25. The normalized spacial score (nSPS) is 12.0. The van der Waals surface area contributed by atoms with Gasteiger partial charge >= 0.3 is 0 Å². The molecule has 1 aliphatic rings. The number of hydrogen-bond acceptors (Lipinski definition) is 6. The van der Waals surface area contributed by atoms with Gasteiger partial charge in [-0.05, 0) is 24.3 Å². The second kappa shape index (κ2) is 5.68. The van der Waals surface area contributed by atoms with Crippen molar-refractivity contribution >= 4 is 5.91 Å². The van der Waals surface area contributed by atoms with Crippen LogP contribution in [-0.4, -0.2) is 17.7 Å². The third-order valence-corrected chi connectivity index (χ3v) is 2.90. The van der Waals surface area contributed by atoms with Gasteiger partial charge in [0.2, 0.25) is 6.79 Å². The summed E-state index contributed by atoms with van der Waals surface area (Å²) in [5, 5.41) is 0. The summed E-state index contributed by atoms with van der Waals surface area (Å²) in [6.45, 7) is 0.446. The minimum atomic E-state index is -0.445. The second-order valence-electron chi connectivity index (χ2n) is 4.29. The number of rotatable bonds is 4. The number of carbonyl (C=O) groups is 1. The highest BCUT2D eigenvalue weighted by atomic mass is 16.7. The molecule has 0 fully saturated rings. The lowest BCUT2D eigenvalue weighted by atomic mass is 10.3. The number of pyridine rings is 1. The van der Waals surface area contributed by atoms with Crippen molar-refractivity contribution in [1.29, 1.82) is 0 Å². The van der Waals surface area contributed by atoms with Crippen LogP contribution in [0.3, 0.4) is 0 Å². The molecule has 21 heavy (non-hydrogen) atoms. The Balaban J connectivity index is 1.69. The molecule has 3 N–H and O–H groups in total. The summed E-state index contributed by atoms with van der Waals surface area (Å²) < 4.78 is 16.1. The third-order valence-electron chi connectivity index (χ3n) is 2.90. The van der Waals surface area contributed by atoms with Crippen LogP contribution >= 0.6 is 0 Å². The van der Waals surface area contributed by atoms with Crippen LogP contribution in [0.5, 0.6) is 17.2 Å². The number of fused-ring (bicyclic) bond motifs is 1. The topological polar surface area (TPSA) is 95.7 Å². The van der Waals surface area contributed by atoms with Crippen molar-refractivity contribution < 1.29 is 19.0 Å². The number of ether oxygens (including phenoxy) is 3. The summed E-state index contributed by atoms with van der Waals surface area (Å²) in [6, 6.07) is 10.4. The molecule has 1 amide bonds. The Bertz CT molecular complexity index is 675. The predicted molar refractivity (Wildman–Crippen MR) is 72.8 cm³/mol. The van der Waals surface area contributed by atoms with E-state index in [2.05, 4.69) is 4.98 Å². The largest absolute Gasteiger partial charge is 0.487 e. The molecule has 2 heterocycles. The average Bonchev–Trinajstić information content (AvgIpc) is 3.00. The van der Waals surface area contributed by atoms with Crippen molar-refractivity contribution in [1.82, 2.24) is 10.4 Å². The second-order valence-corrected chi connectivity index (χ2v) is 4.29. The van der Waals surface area contributed by atoms with Gasteiger partial charge in [-0.25, -0.2) is 10.8 Å². The van der Waals surface area contributed by atoms with E-state index in [9.17, 15) is 4.79 Å². The Hall–Kier alpha value is -2.80. The van der Waals surface area contributed by atoms with Crippen LogP contribution in [0.15, 0.2) is 36.4 Å². The molecule has 0 spiro atoms. The van der Waals surface area contributed by atoms with Crippen LogP contribution < -0.4 is 25.5 Å². The number of carbonyl (C=O) groups excluding carboxylic acids is 1. The summed E-state index contributed by atoms with van der Waals surface area (Å²) in [5.41, 5.74) is 2.90. The molecule has 0 saturated carbocycles. The van der Waals surface area contributed by atoms with Crippen LogP contribution in [0.2, 0.25) is 0 Å². The summed E-state index contributed by atoms with van der Waals surface area (Å²) >= 11 is 0. The van der Waals surface area contributed by atoms with Crippen LogP contribution in [0, 0.1) is 0 Å². The van der Waals surface area contributed by atoms with Gasteiger partial charge in [0.25, 0.3) is 5.91 Å². The zero-order valence-electron chi connectivity index (χ0n) is 11.0. The lowest BCUT2D eigenvalue weighted by molar-refractivity contribution is 0.0948. The maximum Gasteiger partial charge on any atom is 0.283 e. The van der Waals surface area contributed by atoms with Gasteiger partial charge in [-0.1, -0.05) is 6.07 Å². The molecule has 0 atom stereocenters. The molecular formula is C14H13N3O4. The first-order chi connectivity index (χ1) is 10.3. The summed E-state index contributed by atoms with van der Waals surface area (Å²) in [6.07, 6.45) is 0. The fraction of sp³-hybridized carbons (Fsp3) is 0.143. The van der Waals surface area contributed by atoms with Gasteiger partial charge in [-0.15, -0.1) is 0 Å². The van der Waals surface area contributed by atoms with E-state index in [0.717, 1.165) is 0 Å². The lowest BCUT2D eigenvalue weighted by Crippen LogP contribution is -2.30. The summed E-state index contributed by atoms with van der Waals surface area (Å²) in [5.74, 6) is 6.61. The first-order valence-corrected chi connectivity index (χ1v) is 6.25. The molecule has 3 rings (SSSR count). The van der Waals surface area contributed by atoms with E-state index >= 15 is 0 Å². The van der Waals surface area contributed by atoms with Crippen LogP contribution in [0.25, 0.3) is 0 Å². The van der Waals surface area contributed by atoms with Crippen molar-refractivity contribution in [2.75, 3.05) is 6.79 Å². The molecular weight excluding hydrogens is 274 g/mol. The van der Waals surface area contributed by atoms with Crippen LogP contribution in [-0.2, 0) is 6.61 Å². The Morgan fingerprint density at radius 2 is 2.14 bits per heavy atom. The maximum absolute atomic E-state index is 11.4. The maximum atomic E-state index is 11.4. The molecule has 0 unspecified atom stereocenters. The van der Waals surface area contributed by atoms with Crippen LogP contribution in [0.1, 0.15) is 16.2 Å².